The second-order valence-electron chi connectivity index (χ2n) is 7.35. The molecule has 3 nitrogen and oxygen atoms in total. The van der Waals surface area contributed by atoms with E-state index in [4.69, 9.17) is 0 Å². The number of nitrogens with one attached hydrogen (secondary N) is 1. The molecule has 2 saturated heterocycles. The maximum absolute atomic E-state index is 13.5. The van der Waals surface area contributed by atoms with Crippen molar-refractivity contribution >= 4 is 18.3 Å². The van der Waals surface area contributed by atoms with Crippen LogP contribution in [0.4, 0.5) is 4.39 Å². The van der Waals surface area contributed by atoms with Gasteiger partial charge in [-0.25, -0.2) is 4.39 Å². The van der Waals surface area contributed by atoms with Gasteiger partial charge in [-0.3, -0.25) is 4.79 Å². The molecule has 128 valence electrons. The molecule has 2 fully saturated rings. The minimum atomic E-state index is -0.680. The molecule has 1 aromatic rings. The van der Waals surface area contributed by atoms with Crippen LogP contribution in [0.5, 0.6) is 0 Å². The maximum Gasteiger partial charge on any atom is 0.232 e. The number of likely N-dealkylation sites (tertiary alicyclic amines) is 1. The van der Waals surface area contributed by atoms with Gasteiger partial charge in [0.1, 0.15) is 5.82 Å². The Bertz CT molecular complexity index is 560. The number of halogens is 2. The van der Waals surface area contributed by atoms with Crippen molar-refractivity contribution in [3.63, 3.8) is 0 Å². The second kappa shape index (κ2) is 6.78. The quantitative estimate of drug-likeness (QED) is 0.897. The highest BCUT2D eigenvalue weighted by atomic mass is 35.5. The van der Waals surface area contributed by atoms with Gasteiger partial charge in [0.05, 0.1) is 5.41 Å². The molecule has 0 atom stereocenters. The highest BCUT2D eigenvalue weighted by molar-refractivity contribution is 5.87. The highest BCUT2D eigenvalue weighted by Gasteiger charge is 2.41. The van der Waals surface area contributed by atoms with Crippen molar-refractivity contribution in [1.82, 2.24) is 10.2 Å². The Balaban J connectivity index is 0.00000192. The van der Waals surface area contributed by atoms with Crippen molar-refractivity contribution < 1.29 is 9.18 Å². The second-order valence-corrected chi connectivity index (χ2v) is 7.35. The summed E-state index contributed by atoms with van der Waals surface area (Å²) < 4.78 is 13.5. The SMILES string of the molecule is CC(C)(C(=O)N1CCC2(CCNC2)CC1)c1cccc(F)c1.Cl. The number of amides is 1. The molecule has 0 bridgehead atoms. The smallest absolute Gasteiger partial charge is 0.232 e. The predicted molar refractivity (Wildman–Crippen MR) is 92.4 cm³/mol. The monoisotopic (exact) mass is 340 g/mol. The molecule has 2 heterocycles. The third-order valence-electron chi connectivity index (χ3n) is 5.52. The normalized spacial score (nSPS) is 20.4. The Hall–Kier alpha value is -1.13. The number of rotatable bonds is 2. The van der Waals surface area contributed by atoms with E-state index < -0.39 is 5.41 Å². The molecule has 0 unspecified atom stereocenters. The first-order chi connectivity index (χ1) is 10.4. The van der Waals surface area contributed by atoms with E-state index in [-0.39, 0.29) is 24.1 Å². The van der Waals surface area contributed by atoms with Crippen LogP contribution in [-0.2, 0) is 10.2 Å². The van der Waals surface area contributed by atoms with Gasteiger partial charge in [-0.2, -0.15) is 0 Å². The van der Waals surface area contributed by atoms with Gasteiger partial charge in [-0.05, 0) is 62.8 Å². The molecule has 0 aliphatic carbocycles. The van der Waals surface area contributed by atoms with Gasteiger partial charge in [-0.1, -0.05) is 12.1 Å². The molecule has 0 aromatic heterocycles. The van der Waals surface area contributed by atoms with Crippen LogP contribution in [0.2, 0.25) is 0 Å². The van der Waals surface area contributed by atoms with Gasteiger partial charge in [-0.15, -0.1) is 12.4 Å². The average molecular weight is 341 g/mol. The van der Waals surface area contributed by atoms with Gasteiger partial charge in [0.25, 0.3) is 0 Å². The van der Waals surface area contributed by atoms with Crippen molar-refractivity contribution in [2.75, 3.05) is 26.2 Å². The minimum absolute atomic E-state index is 0. The molecule has 1 aromatic carbocycles. The molecule has 2 aliphatic rings. The molecule has 0 saturated carbocycles. The van der Waals surface area contributed by atoms with Crippen LogP contribution >= 0.6 is 12.4 Å². The lowest BCUT2D eigenvalue weighted by molar-refractivity contribution is -0.138. The minimum Gasteiger partial charge on any atom is -0.342 e. The number of piperidine rings is 1. The standard InChI is InChI=1S/C18H25FN2O.ClH/c1-17(2,14-4-3-5-15(19)12-14)16(22)21-10-7-18(8-11-21)6-9-20-13-18;/h3-5,12,20H,6-11,13H2,1-2H3;1H. The number of carbonyl (C=O) groups excluding carboxylic acids is 1. The van der Waals surface area contributed by atoms with Crippen molar-refractivity contribution in [1.29, 1.82) is 0 Å². The molecule has 1 amide bonds. The van der Waals surface area contributed by atoms with Crippen molar-refractivity contribution in [2.24, 2.45) is 5.41 Å². The topological polar surface area (TPSA) is 32.3 Å². The summed E-state index contributed by atoms with van der Waals surface area (Å²) in [4.78, 5) is 14.9. The van der Waals surface area contributed by atoms with Crippen LogP contribution in [0, 0.1) is 11.2 Å². The summed E-state index contributed by atoms with van der Waals surface area (Å²) in [7, 11) is 0. The van der Waals surface area contributed by atoms with Gasteiger partial charge in [0.15, 0.2) is 0 Å². The zero-order valence-corrected chi connectivity index (χ0v) is 14.7. The summed E-state index contributed by atoms with van der Waals surface area (Å²) in [6, 6.07) is 6.41. The van der Waals surface area contributed by atoms with Gasteiger partial charge >= 0.3 is 0 Å². The Morgan fingerprint density at radius 3 is 2.52 bits per heavy atom. The number of hydrogen-bond acceptors (Lipinski definition) is 2. The summed E-state index contributed by atoms with van der Waals surface area (Å²) in [5.74, 6) is -0.174. The summed E-state index contributed by atoms with van der Waals surface area (Å²) in [5, 5.41) is 3.44. The largest absolute Gasteiger partial charge is 0.342 e. The Morgan fingerprint density at radius 2 is 1.96 bits per heavy atom. The Morgan fingerprint density at radius 1 is 1.26 bits per heavy atom. The fourth-order valence-electron chi connectivity index (χ4n) is 3.80. The van der Waals surface area contributed by atoms with Crippen molar-refractivity contribution in [2.45, 2.75) is 38.5 Å². The highest BCUT2D eigenvalue weighted by Crippen LogP contribution is 2.38. The first-order valence-electron chi connectivity index (χ1n) is 8.19. The zero-order valence-electron chi connectivity index (χ0n) is 13.9. The van der Waals surface area contributed by atoms with Crippen LogP contribution in [0.3, 0.4) is 0 Å². The maximum atomic E-state index is 13.5. The van der Waals surface area contributed by atoms with E-state index in [0.717, 1.165) is 44.6 Å². The lowest BCUT2D eigenvalue weighted by Gasteiger charge is -2.41. The average Bonchev–Trinajstić information content (AvgIpc) is 2.95. The first kappa shape index (κ1) is 18.2. The molecule has 1 N–H and O–H groups in total. The summed E-state index contributed by atoms with van der Waals surface area (Å²) in [6.45, 7) is 7.61. The van der Waals surface area contributed by atoms with Crippen LogP contribution in [0.15, 0.2) is 24.3 Å². The molecule has 3 rings (SSSR count). The molecule has 23 heavy (non-hydrogen) atoms. The predicted octanol–water partition coefficient (Wildman–Crippen LogP) is 3.13. The molecule has 0 radical (unpaired) electrons. The third-order valence-corrected chi connectivity index (χ3v) is 5.52. The van der Waals surface area contributed by atoms with Gasteiger partial charge in [0.2, 0.25) is 5.91 Å². The lowest BCUT2D eigenvalue weighted by Crippen LogP contribution is -2.49. The number of nitrogens with zero attached hydrogens (tertiary/aromatic N) is 1. The molecule has 2 aliphatic heterocycles. The van der Waals surface area contributed by atoms with Crippen LogP contribution in [0.25, 0.3) is 0 Å². The van der Waals surface area contributed by atoms with Crippen molar-refractivity contribution in [3.8, 4) is 0 Å². The fourth-order valence-corrected chi connectivity index (χ4v) is 3.80. The van der Waals surface area contributed by atoms with E-state index in [1.807, 2.05) is 24.8 Å². The fraction of sp³-hybridized carbons (Fsp3) is 0.611. The number of benzene rings is 1. The first-order valence-corrected chi connectivity index (χ1v) is 8.19. The molecule has 1 spiro atoms. The van der Waals surface area contributed by atoms with E-state index in [1.54, 1.807) is 6.07 Å². The number of carbonyl (C=O) groups is 1. The zero-order chi connectivity index (χ0) is 15.8. The van der Waals surface area contributed by atoms with Crippen LogP contribution in [0.1, 0.15) is 38.7 Å². The van der Waals surface area contributed by atoms with Crippen LogP contribution in [-0.4, -0.2) is 37.0 Å². The van der Waals surface area contributed by atoms with E-state index in [9.17, 15) is 9.18 Å². The van der Waals surface area contributed by atoms with Crippen LogP contribution < -0.4 is 5.32 Å². The van der Waals surface area contributed by atoms with E-state index in [2.05, 4.69) is 5.32 Å². The summed E-state index contributed by atoms with van der Waals surface area (Å²) in [5.41, 5.74) is 0.473. The van der Waals surface area contributed by atoms with Crippen molar-refractivity contribution in [3.05, 3.63) is 35.6 Å². The van der Waals surface area contributed by atoms with E-state index >= 15 is 0 Å². The Kier molecular flexibility index (Phi) is 5.37. The summed E-state index contributed by atoms with van der Waals surface area (Å²) >= 11 is 0. The van der Waals surface area contributed by atoms with Gasteiger partial charge < -0.3 is 10.2 Å². The molecular weight excluding hydrogens is 315 g/mol. The summed E-state index contributed by atoms with van der Waals surface area (Å²) in [6.07, 6.45) is 3.37. The lowest BCUT2D eigenvalue weighted by atomic mass is 9.76. The van der Waals surface area contributed by atoms with E-state index in [0.29, 0.717) is 5.41 Å². The third kappa shape index (κ3) is 3.53. The van der Waals surface area contributed by atoms with E-state index in [1.165, 1.54) is 18.6 Å². The Labute approximate surface area is 144 Å². The number of hydrogen-bond donors (Lipinski definition) is 1. The van der Waals surface area contributed by atoms with Gasteiger partial charge in [0, 0.05) is 19.6 Å². The molecule has 5 heteroatoms. The molecular formula is C18H26ClFN2O.